The van der Waals surface area contributed by atoms with E-state index in [1.54, 1.807) is 18.8 Å². The number of rotatable bonds is 6. The molecule has 0 spiro atoms. The lowest BCUT2D eigenvalue weighted by molar-refractivity contribution is -0.384. The monoisotopic (exact) mass is 296 g/mol. The summed E-state index contributed by atoms with van der Waals surface area (Å²) >= 11 is 0. The summed E-state index contributed by atoms with van der Waals surface area (Å²) in [5, 5.41) is 19.0. The van der Waals surface area contributed by atoms with E-state index >= 15 is 0 Å². The molecule has 1 saturated carbocycles. The number of nitrogens with zero attached hydrogens (tertiary/aromatic N) is 3. The van der Waals surface area contributed by atoms with Crippen molar-refractivity contribution in [3.8, 4) is 0 Å². The molecule has 0 aliphatic heterocycles. The van der Waals surface area contributed by atoms with Gasteiger partial charge in [-0.3, -0.25) is 10.1 Å². The van der Waals surface area contributed by atoms with Gasteiger partial charge in [0.25, 0.3) is 0 Å². The Kier molecular flexibility index (Phi) is 4.22. The fraction of sp³-hybridized carbons (Fsp3) is 0.786. The van der Waals surface area contributed by atoms with Crippen molar-refractivity contribution in [2.45, 2.75) is 52.2 Å². The minimum absolute atomic E-state index is 0.0577. The van der Waals surface area contributed by atoms with E-state index in [-0.39, 0.29) is 28.2 Å². The molecule has 2 rings (SSSR count). The van der Waals surface area contributed by atoms with Gasteiger partial charge in [-0.05, 0) is 12.8 Å². The van der Waals surface area contributed by atoms with Gasteiger partial charge in [0.05, 0.1) is 11.0 Å². The quantitative estimate of drug-likeness (QED) is 0.644. The molecule has 7 heteroatoms. The Balaban J connectivity index is 2.27. The van der Waals surface area contributed by atoms with Gasteiger partial charge in [0.1, 0.15) is 5.69 Å². The highest BCUT2D eigenvalue weighted by Crippen LogP contribution is 2.45. The second kappa shape index (κ2) is 5.63. The molecular weight excluding hydrogens is 272 g/mol. The number of nitro groups is 1. The Morgan fingerprint density at radius 3 is 2.71 bits per heavy atom. The summed E-state index contributed by atoms with van der Waals surface area (Å²) in [6, 6.07) is 0.144. The average molecular weight is 296 g/mol. The number of nitrogens with one attached hydrogen (secondary N) is 1. The zero-order valence-electron chi connectivity index (χ0n) is 13.3. The molecule has 0 bridgehead atoms. The lowest BCUT2D eigenvalue weighted by atomic mass is 9.64. The summed E-state index contributed by atoms with van der Waals surface area (Å²) in [5.41, 5.74) is 0.599. The zero-order chi connectivity index (χ0) is 15.8. The molecule has 0 aromatic carbocycles. The fourth-order valence-corrected chi connectivity index (χ4v) is 3.02. The van der Waals surface area contributed by atoms with Crippen LogP contribution in [0.5, 0.6) is 0 Å². The second-order valence-electron chi connectivity index (χ2n) is 6.25. The van der Waals surface area contributed by atoms with Gasteiger partial charge in [-0.2, -0.15) is 5.10 Å². The molecule has 1 aliphatic carbocycles. The van der Waals surface area contributed by atoms with E-state index in [2.05, 4.69) is 24.3 Å². The number of hydrogen-bond acceptors (Lipinski definition) is 5. The molecule has 0 radical (unpaired) electrons. The molecule has 1 aromatic heterocycles. The maximum Gasteiger partial charge on any atom is 0.333 e. The lowest BCUT2D eigenvalue weighted by Crippen LogP contribution is -2.57. The van der Waals surface area contributed by atoms with Crippen molar-refractivity contribution in [3.63, 3.8) is 0 Å². The molecule has 0 saturated heterocycles. The maximum atomic E-state index is 11.4. The van der Waals surface area contributed by atoms with E-state index in [1.165, 1.54) is 0 Å². The molecule has 1 aliphatic rings. The van der Waals surface area contributed by atoms with Gasteiger partial charge in [-0.25, -0.2) is 4.68 Å². The first-order valence-electron chi connectivity index (χ1n) is 7.32. The third-order valence-electron chi connectivity index (χ3n) is 4.53. The summed E-state index contributed by atoms with van der Waals surface area (Å²) in [6.45, 7) is 6.21. The molecule has 1 aromatic rings. The minimum Gasteiger partial charge on any atom is -0.381 e. The Bertz CT molecular complexity index is 539. The Morgan fingerprint density at radius 1 is 1.57 bits per heavy atom. The van der Waals surface area contributed by atoms with E-state index < -0.39 is 0 Å². The van der Waals surface area contributed by atoms with Crippen molar-refractivity contribution < 1.29 is 9.66 Å². The summed E-state index contributed by atoms with van der Waals surface area (Å²) in [4.78, 5) is 11.1. The first-order chi connectivity index (χ1) is 9.82. The zero-order valence-corrected chi connectivity index (χ0v) is 13.3. The predicted octanol–water partition coefficient (Wildman–Crippen LogP) is 2.51. The predicted molar refractivity (Wildman–Crippen MR) is 80.5 cm³/mol. The van der Waals surface area contributed by atoms with Crippen LogP contribution in [-0.2, 0) is 18.2 Å². The summed E-state index contributed by atoms with van der Waals surface area (Å²) in [6.07, 6.45) is 2.46. The molecule has 1 fully saturated rings. The van der Waals surface area contributed by atoms with Crippen molar-refractivity contribution in [1.29, 1.82) is 0 Å². The second-order valence-corrected chi connectivity index (χ2v) is 6.25. The van der Waals surface area contributed by atoms with Gasteiger partial charge < -0.3 is 10.1 Å². The summed E-state index contributed by atoms with van der Waals surface area (Å²) in [7, 11) is 3.45. The number of hydrogen-bond donors (Lipinski definition) is 1. The van der Waals surface area contributed by atoms with Gasteiger partial charge in [-0.15, -0.1) is 0 Å². The maximum absolute atomic E-state index is 11.4. The summed E-state index contributed by atoms with van der Waals surface area (Å²) < 4.78 is 7.01. The topological polar surface area (TPSA) is 82.2 Å². The van der Waals surface area contributed by atoms with Crippen LogP contribution in [0.4, 0.5) is 11.5 Å². The minimum atomic E-state index is -0.334. The van der Waals surface area contributed by atoms with Crippen molar-refractivity contribution in [1.82, 2.24) is 9.78 Å². The highest BCUT2D eigenvalue weighted by Gasteiger charge is 2.49. The fourth-order valence-electron chi connectivity index (χ4n) is 3.02. The highest BCUT2D eigenvalue weighted by molar-refractivity contribution is 5.61. The number of anilines is 1. The molecule has 118 valence electrons. The van der Waals surface area contributed by atoms with E-state index in [1.807, 2.05) is 6.92 Å². The van der Waals surface area contributed by atoms with Gasteiger partial charge in [0.2, 0.25) is 5.82 Å². The molecule has 21 heavy (non-hydrogen) atoms. The van der Waals surface area contributed by atoms with Gasteiger partial charge in [-0.1, -0.05) is 27.2 Å². The highest BCUT2D eigenvalue weighted by atomic mass is 16.6. The Hall–Kier alpha value is -1.63. The molecule has 7 nitrogen and oxygen atoms in total. The molecule has 1 N–H and O–H groups in total. The molecule has 0 amide bonds. The normalized spacial score (nSPS) is 23.7. The van der Waals surface area contributed by atoms with Crippen LogP contribution in [0.2, 0.25) is 0 Å². The first kappa shape index (κ1) is 15.8. The molecular formula is C14H24N4O3. The van der Waals surface area contributed by atoms with Gasteiger partial charge >= 0.3 is 5.69 Å². The SMILES string of the molecule is CCCc1nn(C)c(NC2CC(OC)C2(C)C)c1[N+](=O)[O-]. The standard InChI is InChI=1S/C14H24N4O3/c1-6-7-9-12(18(19)20)13(17(4)16-9)15-10-8-11(21-5)14(10,2)3/h10-11,15H,6-8H2,1-5H3. The van der Waals surface area contributed by atoms with E-state index in [0.29, 0.717) is 17.9 Å². The van der Waals surface area contributed by atoms with E-state index in [9.17, 15) is 10.1 Å². The van der Waals surface area contributed by atoms with Crippen molar-refractivity contribution in [2.24, 2.45) is 12.5 Å². The van der Waals surface area contributed by atoms with Gasteiger partial charge in [0, 0.05) is 25.6 Å². The van der Waals surface area contributed by atoms with Crippen LogP contribution < -0.4 is 5.32 Å². The number of aryl methyl sites for hydroxylation is 2. The number of ether oxygens (including phenoxy) is 1. The van der Waals surface area contributed by atoms with Crippen molar-refractivity contribution in [2.75, 3.05) is 12.4 Å². The summed E-state index contributed by atoms with van der Waals surface area (Å²) in [5.74, 6) is 0.496. The van der Waals surface area contributed by atoms with Crippen LogP contribution in [0.25, 0.3) is 0 Å². The van der Waals surface area contributed by atoms with Crippen LogP contribution in [0, 0.1) is 15.5 Å². The average Bonchev–Trinajstić information content (AvgIpc) is 2.70. The van der Waals surface area contributed by atoms with Crippen LogP contribution in [-0.4, -0.2) is 34.0 Å². The van der Waals surface area contributed by atoms with E-state index in [4.69, 9.17) is 4.74 Å². The number of aromatic nitrogens is 2. The van der Waals surface area contributed by atoms with Crippen LogP contribution in [0.15, 0.2) is 0 Å². The lowest BCUT2D eigenvalue weighted by Gasteiger charge is -2.51. The van der Waals surface area contributed by atoms with Crippen LogP contribution >= 0.6 is 0 Å². The smallest absolute Gasteiger partial charge is 0.333 e. The van der Waals surface area contributed by atoms with Crippen LogP contribution in [0.1, 0.15) is 39.3 Å². The molecule has 2 atom stereocenters. The van der Waals surface area contributed by atoms with Crippen molar-refractivity contribution in [3.05, 3.63) is 15.8 Å². The largest absolute Gasteiger partial charge is 0.381 e. The molecule has 2 unspecified atom stereocenters. The van der Waals surface area contributed by atoms with Crippen molar-refractivity contribution >= 4 is 11.5 Å². The Morgan fingerprint density at radius 2 is 2.24 bits per heavy atom. The number of methoxy groups -OCH3 is 1. The Labute approximate surface area is 124 Å². The van der Waals surface area contributed by atoms with E-state index in [0.717, 1.165) is 12.8 Å². The first-order valence-corrected chi connectivity index (χ1v) is 7.32. The van der Waals surface area contributed by atoms with Gasteiger partial charge in [0.15, 0.2) is 0 Å². The third-order valence-corrected chi connectivity index (χ3v) is 4.53. The van der Waals surface area contributed by atoms with Crippen LogP contribution in [0.3, 0.4) is 0 Å². The third kappa shape index (κ3) is 2.62. The molecule has 1 heterocycles.